The number of β-amino-alcohol motifs (C(OH)–C–C–N with tert-alkyl or cyclic N) is 1. The SMILES string of the molecule is OC(CNc1nnc(C2CC2)s1)CN1CCOCC1. The highest BCUT2D eigenvalue weighted by Gasteiger charge is 2.27. The Balaban J connectivity index is 1.40. The minimum atomic E-state index is -0.383. The van der Waals surface area contributed by atoms with Gasteiger partial charge in [-0.25, -0.2) is 0 Å². The summed E-state index contributed by atoms with van der Waals surface area (Å²) in [5.74, 6) is 0.645. The van der Waals surface area contributed by atoms with E-state index < -0.39 is 0 Å². The summed E-state index contributed by atoms with van der Waals surface area (Å²) in [6.07, 6.45) is 2.11. The van der Waals surface area contributed by atoms with Crippen molar-refractivity contribution in [1.29, 1.82) is 0 Å². The number of hydrogen-bond acceptors (Lipinski definition) is 7. The zero-order valence-corrected chi connectivity index (χ0v) is 11.7. The molecule has 1 saturated carbocycles. The van der Waals surface area contributed by atoms with E-state index in [1.165, 1.54) is 12.8 Å². The van der Waals surface area contributed by atoms with E-state index in [4.69, 9.17) is 4.74 Å². The van der Waals surface area contributed by atoms with Gasteiger partial charge in [-0.3, -0.25) is 4.90 Å². The minimum Gasteiger partial charge on any atom is -0.390 e. The van der Waals surface area contributed by atoms with E-state index in [2.05, 4.69) is 20.4 Å². The van der Waals surface area contributed by atoms with Gasteiger partial charge in [0.05, 0.1) is 19.3 Å². The number of aliphatic hydroxyl groups is 1. The van der Waals surface area contributed by atoms with Gasteiger partial charge in [0.15, 0.2) is 0 Å². The van der Waals surface area contributed by atoms with Crippen LogP contribution in [0.4, 0.5) is 5.13 Å². The number of rotatable bonds is 6. The standard InChI is InChI=1S/C12H20N4O2S/c17-10(8-16-3-5-18-6-4-16)7-13-12-15-14-11(19-12)9-1-2-9/h9-10,17H,1-8H2,(H,13,15). The molecule has 0 amide bonds. The molecule has 1 unspecified atom stereocenters. The Labute approximate surface area is 116 Å². The molecule has 1 atom stereocenters. The van der Waals surface area contributed by atoms with E-state index in [1.54, 1.807) is 11.3 Å². The molecule has 7 heteroatoms. The number of hydrogen-bond donors (Lipinski definition) is 2. The maximum Gasteiger partial charge on any atom is 0.205 e. The molecule has 0 bridgehead atoms. The Kier molecular flexibility index (Phi) is 4.27. The maximum atomic E-state index is 10.0. The first-order valence-corrected chi connectivity index (χ1v) is 7.68. The molecular weight excluding hydrogens is 264 g/mol. The number of nitrogens with one attached hydrogen (secondary N) is 1. The molecule has 0 aromatic carbocycles. The molecule has 2 fully saturated rings. The average molecular weight is 284 g/mol. The lowest BCUT2D eigenvalue weighted by atomic mass is 10.3. The fourth-order valence-corrected chi connectivity index (χ4v) is 3.07. The number of anilines is 1. The molecule has 0 spiro atoms. The fraction of sp³-hybridized carbons (Fsp3) is 0.833. The first-order chi connectivity index (χ1) is 9.31. The van der Waals surface area contributed by atoms with Gasteiger partial charge >= 0.3 is 0 Å². The molecule has 19 heavy (non-hydrogen) atoms. The van der Waals surface area contributed by atoms with E-state index in [9.17, 15) is 5.11 Å². The van der Waals surface area contributed by atoms with Crippen molar-refractivity contribution >= 4 is 16.5 Å². The zero-order valence-electron chi connectivity index (χ0n) is 10.9. The average Bonchev–Trinajstić information content (AvgIpc) is 3.17. The monoisotopic (exact) mass is 284 g/mol. The maximum absolute atomic E-state index is 10.0. The van der Waals surface area contributed by atoms with E-state index >= 15 is 0 Å². The molecular formula is C12H20N4O2S. The number of aliphatic hydroxyl groups excluding tert-OH is 1. The van der Waals surface area contributed by atoms with Crippen molar-refractivity contribution in [3.63, 3.8) is 0 Å². The molecule has 2 aliphatic rings. The molecule has 3 rings (SSSR count). The molecule has 1 aliphatic carbocycles. The van der Waals surface area contributed by atoms with E-state index in [-0.39, 0.29) is 6.10 Å². The Morgan fingerprint density at radius 2 is 2.16 bits per heavy atom. The van der Waals surface area contributed by atoms with Gasteiger partial charge in [-0.1, -0.05) is 11.3 Å². The van der Waals surface area contributed by atoms with Crippen LogP contribution in [0.25, 0.3) is 0 Å². The lowest BCUT2D eigenvalue weighted by Crippen LogP contribution is -2.42. The smallest absolute Gasteiger partial charge is 0.205 e. The summed E-state index contributed by atoms with van der Waals surface area (Å²) in [7, 11) is 0. The van der Waals surface area contributed by atoms with Crippen molar-refractivity contribution in [3.05, 3.63) is 5.01 Å². The number of aromatic nitrogens is 2. The predicted molar refractivity (Wildman–Crippen MR) is 73.6 cm³/mol. The topological polar surface area (TPSA) is 70.5 Å². The van der Waals surface area contributed by atoms with Crippen LogP contribution in [0.5, 0.6) is 0 Å². The lowest BCUT2D eigenvalue weighted by Gasteiger charge is -2.28. The van der Waals surface area contributed by atoms with Crippen molar-refractivity contribution in [3.8, 4) is 0 Å². The van der Waals surface area contributed by atoms with Gasteiger partial charge in [0, 0.05) is 32.1 Å². The zero-order chi connectivity index (χ0) is 13.1. The lowest BCUT2D eigenvalue weighted by molar-refractivity contribution is 0.0171. The highest BCUT2D eigenvalue weighted by Crippen LogP contribution is 2.41. The second-order valence-electron chi connectivity index (χ2n) is 5.17. The van der Waals surface area contributed by atoms with Gasteiger partial charge in [0.25, 0.3) is 0 Å². The Bertz CT molecular complexity index is 404. The van der Waals surface area contributed by atoms with Gasteiger partial charge in [-0.05, 0) is 12.8 Å². The summed E-state index contributed by atoms with van der Waals surface area (Å²) >= 11 is 1.61. The first kappa shape index (κ1) is 13.2. The highest BCUT2D eigenvalue weighted by atomic mass is 32.1. The summed E-state index contributed by atoms with van der Waals surface area (Å²) in [6, 6.07) is 0. The fourth-order valence-electron chi connectivity index (χ4n) is 2.15. The number of morpholine rings is 1. The second kappa shape index (κ2) is 6.13. The Morgan fingerprint density at radius 1 is 1.37 bits per heavy atom. The van der Waals surface area contributed by atoms with Gasteiger partial charge in [0.1, 0.15) is 5.01 Å². The summed E-state index contributed by atoms with van der Waals surface area (Å²) < 4.78 is 5.29. The normalized spacial score (nSPS) is 22.4. The molecule has 1 aromatic heterocycles. The second-order valence-corrected chi connectivity index (χ2v) is 6.18. The van der Waals surface area contributed by atoms with E-state index in [1.807, 2.05) is 0 Å². The Morgan fingerprint density at radius 3 is 2.89 bits per heavy atom. The van der Waals surface area contributed by atoms with E-state index in [0.29, 0.717) is 19.0 Å². The van der Waals surface area contributed by atoms with Crippen LogP contribution < -0.4 is 5.32 Å². The molecule has 106 valence electrons. The van der Waals surface area contributed by atoms with Crippen LogP contribution in [0.1, 0.15) is 23.8 Å². The minimum absolute atomic E-state index is 0.383. The van der Waals surface area contributed by atoms with Crippen LogP contribution >= 0.6 is 11.3 Å². The van der Waals surface area contributed by atoms with Crippen LogP contribution in [0, 0.1) is 0 Å². The van der Waals surface area contributed by atoms with Gasteiger partial charge in [-0.15, -0.1) is 10.2 Å². The van der Waals surface area contributed by atoms with Gasteiger partial charge < -0.3 is 15.2 Å². The van der Waals surface area contributed by atoms with Crippen molar-refractivity contribution in [2.24, 2.45) is 0 Å². The Hall–Kier alpha value is -0.760. The van der Waals surface area contributed by atoms with Crippen molar-refractivity contribution in [2.45, 2.75) is 24.9 Å². The molecule has 1 aliphatic heterocycles. The molecule has 2 heterocycles. The van der Waals surface area contributed by atoms with Crippen LogP contribution in [0.2, 0.25) is 0 Å². The van der Waals surface area contributed by atoms with Crippen molar-refractivity contribution in [2.75, 3.05) is 44.7 Å². The van der Waals surface area contributed by atoms with E-state index in [0.717, 1.165) is 36.4 Å². The summed E-state index contributed by atoms with van der Waals surface area (Å²) in [6.45, 7) is 4.55. The highest BCUT2D eigenvalue weighted by molar-refractivity contribution is 7.15. The van der Waals surface area contributed by atoms with Crippen molar-refractivity contribution < 1.29 is 9.84 Å². The van der Waals surface area contributed by atoms with Crippen LogP contribution in [0.3, 0.4) is 0 Å². The quantitative estimate of drug-likeness (QED) is 0.794. The van der Waals surface area contributed by atoms with Crippen molar-refractivity contribution in [1.82, 2.24) is 15.1 Å². The predicted octanol–water partition coefficient (Wildman–Crippen LogP) is 0.520. The third-order valence-corrected chi connectivity index (χ3v) is 4.47. The summed E-state index contributed by atoms with van der Waals surface area (Å²) in [5.41, 5.74) is 0. The van der Waals surface area contributed by atoms with Crippen LogP contribution in [-0.4, -0.2) is 65.7 Å². The van der Waals surface area contributed by atoms with Crippen LogP contribution in [0.15, 0.2) is 0 Å². The molecule has 6 nitrogen and oxygen atoms in total. The number of ether oxygens (including phenoxy) is 1. The largest absolute Gasteiger partial charge is 0.390 e. The van der Waals surface area contributed by atoms with Crippen LogP contribution in [-0.2, 0) is 4.74 Å². The molecule has 0 radical (unpaired) electrons. The summed E-state index contributed by atoms with van der Waals surface area (Å²) in [4.78, 5) is 2.23. The van der Waals surface area contributed by atoms with Gasteiger partial charge in [-0.2, -0.15) is 0 Å². The first-order valence-electron chi connectivity index (χ1n) is 6.86. The number of nitrogens with zero attached hydrogens (tertiary/aromatic N) is 3. The molecule has 2 N–H and O–H groups in total. The van der Waals surface area contributed by atoms with Gasteiger partial charge in [0.2, 0.25) is 5.13 Å². The summed E-state index contributed by atoms with van der Waals surface area (Å²) in [5, 5.41) is 23.4. The third-order valence-electron chi connectivity index (χ3n) is 3.43. The molecule has 1 saturated heterocycles. The molecule has 1 aromatic rings. The third kappa shape index (κ3) is 3.85.